The molecule has 0 unspecified atom stereocenters. The SMILES string of the molecule is C[C@@]1(O)CCC[C@H]1n1c(=O)c(OC(F)F)cc2cnc(NC3CCN(S(=O)(=O)c4cc(F)c(F)cc4F)CC3)nc21. The number of halogens is 5. The van der Waals surface area contributed by atoms with E-state index in [1.165, 1.54) is 6.20 Å². The second kappa shape index (κ2) is 10.8. The molecule has 1 aliphatic heterocycles. The van der Waals surface area contributed by atoms with E-state index >= 15 is 0 Å². The van der Waals surface area contributed by atoms with E-state index in [1.54, 1.807) is 6.92 Å². The number of alkyl halides is 2. The van der Waals surface area contributed by atoms with Gasteiger partial charge >= 0.3 is 6.61 Å². The van der Waals surface area contributed by atoms with Crippen LogP contribution in [0.4, 0.5) is 27.9 Å². The number of benzene rings is 1. The molecule has 2 N–H and O–H groups in total. The second-order valence-electron chi connectivity index (χ2n) is 10.3. The number of ether oxygens (including phenoxy) is 1. The van der Waals surface area contributed by atoms with Gasteiger partial charge in [-0.05, 0) is 51.2 Å². The number of anilines is 1. The van der Waals surface area contributed by atoms with Gasteiger partial charge < -0.3 is 15.2 Å². The summed E-state index contributed by atoms with van der Waals surface area (Å²) in [5, 5.41) is 14.2. The number of piperidine rings is 1. The maximum atomic E-state index is 14.2. The molecule has 16 heteroatoms. The Morgan fingerprint density at radius 3 is 2.41 bits per heavy atom. The topological polar surface area (TPSA) is 127 Å². The molecule has 0 spiro atoms. The molecule has 2 fully saturated rings. The van der Waals surface area contributed by atoms with E-state index in [-0.39, 0.29) is 55.0 Å². The lowest BCUT2D eigenvalue weighted by atomic mass is 10.00. The number of hydrogen-bond acceptors (Lipinski definition) is 8. The van der Waals surface area contributed by atoms with E-state index in [2.05, 4.69) is 20.0 Å². The number of aromatic nitrogens is 3. The Morgan fingerprint density at radius 1 is 1.10 bits per heavy atom. The van der Waals surface area contributed by atoms with Gasteiger partial charge in [-0.1, -0.05) is 0 Å². The first-order chi connectivity index (χ1) is 19.3. The van der Waals surface area contributed by atoms with Gasteiger partial charge in [-0.15, -0.1) is 0 Å². The fourth-order valence-corrected chi connectivity index (χ4v) is 6.96. The second-order valence-corrected chi connectivity index (χ2v) is 12.2. The minimum atomic E-state index is -4.44. The molecule has 0 bridgehead atoms. The highest BCUT2D eigenvalue weighted by Crippen LogP contribution is 2.40. The van der Waals surface area contributed by atoms with Crippen LogP contribution in [0.3, 0.4) is 0 Å². The zero-order chi connectivity index (χ0) is 29.7. The Morgan fingerprint density at radius 2 is 1.78 bits per heavy atom. The highest BCUT2D eigenvalue weighted by atomic mass is 32.2. The van der Waals surface area contributed by atoms with Crippen LogP contribution in [0, 0.1) is 17.5 Å². The number of fused-ring (bicyclic) bond motifs is 1. The number of pyridine rings is 1. The van der Waals surface area contributed by atoms with E-state index in [0.29, 0.717) is 25.3 Å². The van der Waals surface area contributed by atoms with Gasteiger partial charge in [0.15, 0.2) is 17.4 Å². The summed E-state index contributed by atoms with van der Waals surface area (Å²) in [6.45, 7) is -1.84. The van der Waals surface area contributed by atoms with Gasteiger partial charge in [0.2, 0.25) is 16.0 Å². The van der Waals surface area contributed by atoms with Gasteiger partial charge in [-0.25, -0.2) is 26.6 Å². The molecule has 2 aliphatic rings. The van der Waals surface area contributed by atoms with Crippen LogP contribution in [0.2, 0.25) is 0 Å². The highest BCUT2D eigenvalue weighted by Gasteiger charge is 2.40. The summed E-state index contributed by atoms with van der Waals surface area (Å²) in [6, 6.07) is 0.484. The lowest BCUT2D eigenvalue weighted by molar-refractivity contribution is -0.0513. The third-order valence-electron chi connectivity index (χ3n) is 7.53. The Bertz CT molecular complexity index is 1640. The molecule has 10 nitrogen and oxygen atoms in total. The van der Waals surface area contributed by atoms with Gasteiger partial charge in [0.05, 0.1) is 11.6 Å². The van der Waals surface area contributed by atoms with Crippen molar-refractivity contribution in [3.8, 4) is 5.75 Å². The number of hydrogen-bond donors (Lipinski definition) is 2. The van der Waals surface area contributed by atoms with E-state index in [1.807, 2.05) is 0 Å². The van der Waals surface area contributed by atoms with Crippen molar-refractivity contribution in [2.45, 2.75) is 68.2 Å². The predicted molar refractivity (Wildman–Crippen MR) is 136 cm³/mol. The Kier molecular flexibility index (Phi) is 7.67. The van der Waals surface area contributed by atoms with Crippen LogP contribution >= 0.6 is 0 Å². The van der Waals surface area contributed by atoms with Crippen molar-refractivity contribution in [3.05, 3.63) is 52.2 Å². The van der Waals surface area contributed by atoms with Crippen molar-refractivity contribution < 1.29 is 40.2 Å². The predicted octanol–water partition coefficient (Wildman–Crippen LogP) is 3.55. The zero-order valence-electron chi connectivity index (χ0n) is 21.7. The molecule has 0 radical (unpaired) electrons. The first-order valence-corrected chi connectivity index (χ1v) is 14.2. The smallest absolute Gasteiger partial charge is 0.387 e. The molecule has 1 saturated heterocycles. The number of nitrogens with one attached hydrogen (secondary N) is 1. The number of rotatable bonds is 7. The summed E-state index contributed by atoms with van der Waals surface area (Å²) in [7, 11) is -4.44. The van der Waals surface area contributed by atoms with Crippen LogP contribution in [-0.2, 0) is 10.0 Å². The lowest BCUT2D eigenvalue weighted by Gasteiger charge is -2.32. The number of sulfonamides is 1. The summed E-state index contributed by atoms with van der Waals surface area (Å²) >= 11 is 0. The summed E-state index contributed by atoms with van der Waals surface area (Å²) in [5.74, 6) is -4.92. The van der Waals surface area contributed by atoms with Gasteiger partial charge in [0.25, 0.3) is 5.56 Å². The standard InChI is InChI=1S/C25H26F5N5O5S/c1-25(37)6-2-3-20(25)35-21-13(9-18(22(35)36)40-23(29)30)12-31-24(33-21)32-14-4-7-34(8-5-14)41(38,39)19-11-16(27)15(26)10-17(19)28/h9-12,14,20,23,37H,2-8H2,1H3,(H,31,32,33)/t20-,25-/m1/s1. The third-order valence-corrected chi connectivity index (χ3v) is 9.44. The molecule has 0 amide bonds. The number of aliphatic hydroxyl groups is 1. The van der Waals surface area contributed by atoms with Gasteiger partial charge in [-0.3, -0.25) is 9.36 Å². The average Bonchev–Trinajstić information content (AvgIpc) is 3.25. The molecular weight excluding hydrogens is 577 g/mol. The molecule has 2 atom stereocenters. The summed E-state index contributed by atoms with van der Waals surface area (Å²) in [5.41, 5.74) is -2.09. The van der Waals surface area contributed by atoms with Crippen molar-refractivity contribution in [2.75, 3.05) is 18.4 Å². The van der Waals surface area contributed by atoms with Crippen molar-refractivity contribution in [1.82, 2.24) is 18.8 Å². The minimum absolute atomic E-state index is 0.0683. The van der Waals surface area contributed by atoms with Crippen LogP contribution in [0.25, 0.3) is 11.0 Å². The molecule has 1 saturated carbocycles. The molecule has 3 aromatic rings. The molecule has 1 aromatic carbocycles. The fourth-order valence-electron chi connectivity index (χ4n) is 5.44. The van der Waals surface area contributed by atoms with Gasteiger partial charge in [0, 0.05) is 36.8 Å². The third kappa shape index (κ3) is 5.59. The van der Waals surface area contributed by atoms with Crippen LogP contribution < -0.4 is 15.6 Å². The first-order valence-electron chi connectivity index (χ1n) is 12.8. The molecule has 5 rings (SSSR count). The lowest BCUT2D eigenvalue weighted by Crippen LogP contribution is -2.42. The molecule has 41 heavy (non-hydrogen) atoms. The van der Waals surface area contributed by atoms with Gasteiger partial charge in [-0.2, -0.15) is 18.1 Å². The molecule has 2 aromatic heterocycles. The summed E-state index contributed by atoms with van der Waals surface area (Å²) in [4.78, 5) is 20.9. The van der Waals surface area contributed by atoms with E-state index in [0.717, 1.165) is 14.9 Å². The quantitative estimate of drug-likeness (QED) is 0.310. The largest absolute Gasteiger partial charge is 0.429 e. The zero-order valence-corrected chi connectivity index (χ0v) is 22.5. The minimum Gasteiger partial charge on any atom is -0.429 e. The maximum absolute atomic E-state index is 14.2. The van der Waals surface area contributed by atoms with E-state index < -0.39 is 61.9 Å². The Hall–Kier alpha value is -3.37. The Labute approximate surface area is 230 Å². The monoisotopic (exact) mass is 603 g/mol. The average molecular weight is 604 g/mol. The van der Waals surface area contributed by atoms with Crippen LogP contribution in [0.5, 0.6) is 5.75 Å². The summed E-state index contributed by atoms with van der Waals surface area (Å²) in [6.07, 6.45) is 3.14. The van der Waals surface area contributed by atoms with Crippen LogP contribution in [0.15, 0.2) is 34.1 Å². The highest BCUT2D eigenvalue weighted by molar-refractivity contribution is 7.89. The first kappa shape index (κ1) is 29.1. The molecule has 3 heterocycles. The molecule has 1 aliphatic carbocycles. The maximum Gasteiger partial charge on any atom is 0.387 e. The van der Waals surface area contributed by atoms with E-state index in [9.17, 15) is 40.3 Å². The van der Waals surface area contributed by atoms with Crippen molar-refractivity contribution >= 4 is 27.0 Å². The normalized spacial score (nSPS) is 22.5. The fraction of sp³-hybridized carbons (Fsp3) is 0.480. The van der Waals surface area contributed by atoms with Crippen molar-refractivity contribution in [3.63, 3.8) is 0 Å². The van der Waals surface area contributed by atoms with Crippen molar-refractivity contribution in [2.24, 2.45) is 0 Å². The van der Waals surface area contributed by atoms with Crippen molar-refractivity contribution in [1.29, 1.82) is 0 Å². The van der Waals surface area contributed by atoms with E-state index in [4.69, 9.17) is 0 Å². The van der Waals surface area contributed by atoms with Crippen LogP contribution in [0.1, 0.15) is 45.1 Å². The number of nitrogens with zero attached hydrogens (tertiary/aromatic N) is 4. The van der Waals surface area contributed by atoms with Crippen LogP contribution in [-0.4, -0.2) is 63.7 Å². The molecule has 222 valence electrons. The Balaban J connectivity index is 1.39. The van der Waals surface area contributed by atoms with Gasteiger partial charge in [0.1, 0.15) is 16.4 Å². The summed E-state index contributed by atoms with van der Waals surface area (Å²) < 4.78 is 99.3. The molecular formula is C25H26F5N5O5S.